The van der Waals surface area contributed by atoms with Gasteiger partial charge < -0.3 is 9.64 Å². The van der Waals surface area contributed by atoms with Gasteiger partial charge in [0, 0.05) is 6.42 Å². The molecule has 0 aromatic heterocycles. The average Bonchev–Trinajstić information content (AvgIpc) is 2.75. The molecule has 0 saturated carbocycles. The lowest BCUT2D eigenvalue weighted by molar-refractivity contribution is -0.150. The average molecular weight is 426 g/mol. The maximum Gasteiger partial charge on any atom is 0.306 e. The van der Waals surface area contributed by atoms with Gasteiger partial charge in [-0.1, -0.05) is 105 Å². The van der Waals surface area contributed by atoms with Crippen LogP contribution in [0.3, 0.4) is 0 Å². The van der Waals surface area contributed by atoms with Gasteiger partial charge in [0.15, 0.2) is 0 Å². The van der Waals surface area contributed by atoms with Gasteiger partial charge >= 0.3 is 5.97 Å². The number of unbranched alkanes of at least 4 members (excludes halogenated alkanes) is 12. The Bertz CT molecular complexity index is 337. The lowest BCUT2D eigenvalue weighted by atomic mass is 10.0. The van der Waals surface area contributed by atoms with Crippen molar-refractivity contribution in [3.63, 3.8) is 0 Å². The highest BCUT2D eigenvalue weighted by Gasteiger charge is 2.14. The summed E-state index contributed by atoms with van der Waals surface area (Å²) in [5.74, 6) is 0.0260. The SMILES string of the molecule is CCCCCCCCCC(CCCCCCCCC)OC(=O)CCCN(CC)CC. The van der Waals surface area contributed by atoms with Crippen molar-refractivity contribution in [3.8, 4) is 0 Å². The first-order valence-electron chi connectivity index (χ1n) is 13.6. The highest BCUT2D eigenvalue weighted by atomic mass is 16.5. The van der Waals surface area contributed by atoms with Gasteiger partial charge in [-0.15, -0.1) is 0 Å². The monoisotopic (exact) mass is 425 g/mol. The molecule has 0 aromatic rings. The van der Waals surface area contributed by atoms with Crippen molar-refractivity contribution in [1.82, 2.24) is 4.90 Å². The molecular formula is C27H55NO2. The smallest absolute Gasteiger partial charge is 0.306 e. The molecule has 3 heteroatoms. The van der Waals surface area contributed by atoms with Crippen LogP contribution < -0.4 is 0 Å². The van der Waals surface area contributed by atoms with Crippen molar-refractivity contribution in [2.75, 3.05) is 19.6 Å². The first-order chi connectivity index (χ1) is 14.7. The van der Waals surface area contributed by atoms with Crippen LogP contribution in [0.15, 0.2) is 0 Å². The summed E-state index contributed by atoms with van der Waals surface area (Å²) in [4.78, 5) is 14.8. The van der Waals surface area contributed by atoms with Gasteiger partial charge in [-0.2, -0.15) is 0 Å². The highest BCUT2D eigenvalue weighted by molar-refractivity contribution is 5.69. The third-order valence-electron chi connectivity index (χ3n) is 6.31. The zero-order valence-corrected chi connectivity index (χ0v) is 21.2. The van der Waals surface area contributed by atoms with Crippen molar-refractivity contribution in [2.45, 2.75) is 149 Å². The van der Waals surface area contributed by atoms with Crippen LogP contribution in [0, 0.1) is 0 Å². The molecule has 0 fully saturated rings. The van der Waals surface area contributed by atoms with Crippen LogP contribution in [0.2, 0.25) is 0 Å². The fourth-order valence-corrected chi connectivity index (χ4v) is 4.15. The lowest BCUT2D eigenvalue weighted by Crippen LogP contribution is -2.25. The Hall–Kier alpha value is -0.570. The van der Waals surface area contributed by atoms with Crippen molar-refractivity contribution in [2.24, 2.45) is 0 Å². The zero-order valence-electron chi connectivity index (χ0n) is 21.2. The Balaban J connectivity index is 4.13. The first-order valence-corrected chi connectivity index (χ1v) is 13.6. The third-order valence-corrected chi connectivity index (χ3v) is 6.31. The van der Waals surface area contributed by atoms with E-state index in [9.17, 15) is 4.79 Å². The van der Waals surface area contributed by atoms with E-state index in [0.717, 1.165) is 38.9 Å². The van der Waals surface area contributed by atoms with E-state index >= 15 is 0 Å². The molecule has 180 valence electrons. The van der Waals surface area contributed by atoms with Crippen molar-refractivity contribution in [1.29, 1.82) is 0 Å². The van der Waals surface area contributed by atoms with Crippen molar-refractivity contribution >= 4 is 5.97 Å². The van der Waals surface area contributed by atoms with E-state index in [1.165, 1.54) is 89.9 Å². The summed E-state index contributed by atoms with van der Waals surface area (Å²) in [5.41, 5.74) is 0. The minimum absolute atomic E-state index is 0.0260. The van der Waals surface area contributed by atoms with Crippen LogP contribution in [0.4, 0.5) is 0 Å². The fraction of sp³-hybridized carbons (Fsp3) is 0.963. The number of carbonyl (C=O) groups is 1. The van der Waals surface area contributed by atoms with Gasteiger partial charge in [0.05, 0.1) is 0 Å². The molecule has 0 aromatic carbocycles. The van der Waals surface area contributed by atoms with Gasteiger partial charge in [-0.3, -0.25) is 4.79 Å². The van der Waals surface area contributed by atoms with Crippen LogP contribution in [0.1, 0.15) is 143 Å². The van der Waals surface area contributed by atoms with Crippen molar-refractivity contribution < 1.29 is 9.53 Å². The molecule has 0 atom stereocenters. The zero-order chi connectivity index (χ0) is 22.3. The summed E-state index contributed by atoms with van der Waals surface area (Å²) in [6.45, 7) is 12.0. The maximum atomic E-state index is 12.4. The molecule has 0 rings (SSSR count). The van der Waals surface area contributed by atoms with E-state index in [1.54, 1.807) is 0 Å². The Morgan fingerprint density at radius 1 is 0.633 bits per heavy atom. The molecule has 0 aliphatic carbocycles. The van der Waals surface area contributed by atoms with Gasteiger partial charge in [0.25, 0.3) is 0 Å². The van der Waals surface area contributed by atoms with Gasteiger partial charge in [0.1, 0.15) is 6.10 Å². The molecule has 0 unspecified atom stereocenters. The van der Waals surface area contributed by atoms with E-state index in [4.69, 9.17) is 4.74 Å². The number of nitrogens with zero attached hydrogens (tertiary/aromatic N) is 1. The number of hydrogen-bond acceptors (Lipinski definition) is 3. The number of carbonyl (C=O) groups excluding carboxylic acids is 1. The third kappa shape index (κ3) is 19.4. The van der Waals surface area contributed by atoms with Crippen LogP contribution >= 0.6 is 0 Å². The predicted molar refractivity (Wildman–Crippen MR) is 132 cm³/mol. The molecule has 0 aliphatic rings. The summed E-state index contributed by atoms with van der Waals surface area (Å²) in [6.07, 6.45) is 22.3. The predicted octanol–water partition coefficient (Wildman–Crippen LogP) is 8.30. The maximum absolute atomic E-state index is 12.4. The van der Waals surface area contributed by atoms with E-state index in [-0.39, 0.29) is 12.1 Å². The Labute approximate surface area is 189 Å². The molecule has 0 saturated heterocycles. The molecular weight excluding hydrogens is 370 g/mol. The lowest BCUT2D eigenvalue weighted by Gasteiger charge is -2.20. The second-order valence-corrected chi connectivity index (χ2v) is 9.06. The molecule has 0 radical (unpaired) electrons. The van der Waals surface area contributed by atoms with E-state index in [0.29, 0.717) is 6.42 Å². The topological polar surface area (TPSA) is 29.5 Å². The van der Waals surface area contributed by atoms with Gasteiger partial charge in [0.2, 0.25) is 0 Å². The van der Waals surface area contributed by atoms with Crippen LogP contribution in [0.25, 0.3) is 0 Å². The van der Waals surface area contributed by atoms with Crippen LogP contribution in [-0.4, -0.2) is 36.6 Å². The van der Waals surface area contributed by atoms with Gasteiger partial charge in [-0.25, -0.2) is 0 Å². The largest absolute Gasteiger partial charge is 0.462 e. The normalized spacial score (nSPS) is 11.5. The second kappa shape index (κ2) is 23.1. The summed E-state index contributed by atoms with van der Waals surface area (Å²) in [6, 6.07) is 0. The molecule has 3 nitrogen and oxygen atoms in total. The summed E-state index contributed by atoms with van der Waals surface area (Å²) < 4.78 is 5.93. The van der Waals surface area contributed by atoms with Crippen molar-refractivity contribution in [3.05, 3.63) is 0 Å². The molecule has 0 N–H and O–H groups in total. The number of hydrogen-bond donors (Lipinski definition) is 0. The molecule has 0 spiro atoms. The van der Waals surface area contributed by atoms with Crippen LogP contribution in [-0.2, 0) is 9.53 Å². The minimum Gasteiger partial charge on any atom is -0.462 e. The summed E-state index contributed by atoms with van der Waals surface area (Å²) >= 11 is 0. The molecule has 0 bridgehead atoms. The fourth-order valence-electron chi connectivity index (χ4n) is 4.15. The van der Waals surface area contributed by atoms with Gasteiger partial charge in [-0.05, 0) is 51.7 Å². The number of esters is 1. The molecule has 30 heavy (non-hydrogen) atoms. The summed E-state index contributed by atoms with van der Waals surface area (Å²) in [5, 5.41) is 0. The highest BCUT2D eigenvalue weighted by Crippen LogP contribution is 2.18. The second-order valence-electron chi connectivity index (χ2n) is 9.06. The quantitative estimate of drug-likeness (QED) is 0.122. The Morgan fingerprint density at radius 2 is 1.07 bits per heavy atom. The Morgan fingerprint density at radius 3 is 1.50 bits per heavy atom. The van der Waals surface area contributed by atoms with Crippen LogP contribution in [0.5, 0.6) is 0 Å². The van der Waals surface area contributed by atoms with E-state index in [2.05, 4.69) is 32.6 Å². The Kier molecular flexibility index (Phi) is 22.7. The minimum atomic E-state index is 0.0260. The van der Waals surface area contributed by atoms with E-state index < -0.39 is 0 Å². The standard InChI is InChI=1S/C27H55NO2/c1-5-9-11-13-15-17-19-22-26(23-20-18-16-14-12-10-6-2)30-27(29)24-21-25-28(7-3)8-4/h26H,5-25H2,1-4H3. The number of rotatable bonds is 23. The molecule has 0 heterocycles. The molecule has 0 amide bonds. The number of ether oxygens (including phenoxy) is 1. The first kappa shape index (κ1) is 29.4. The summed E-state index contributed by atoms with van der Waals surface area (Å²) in [7, 11) is 0. The van der Waals surface area contributed by atoms with E-state index in [1.807, 2.05) is 0 Å². The molecule has 0 aliphatic heterocycles.